The summed E-state index contributed by atoms with van der Waals surface area (Å²) < 4.78 is 0.219. The van der Waals surface area contributed by atoms with Crippen molar-refractivity contribution in [3.05, 3.63) is 23.6 Å². The molecule has 0 aromatic heterocycles. The Bertz CT molecular complexity index is 290. The summed E-state index contributed by atoms with van der Waals surface area (Å²) in [5.74, 6) is 1.27. The SMILES string of the molecule is CCC(C)(C(C)C)C1(C)C=CC(C)C=CS1. The van der Waals surface area contributed by atoms with Gasteiger partial charge in [-0.1, -0.05) is 52.8 Å². The molecule has 0 aromatic rings. The molecule has 0 aliphatic carbocycles. The van der Waals surface area contributed by atoms with Crippen molar-refractivity contribution in [1.29, 1.82) is 0 Å². The Morgan fingerprint density at radius 3 is 2.50 bits per heavy atom. The molecule has 0 N–H and O–H groups in total. The summed E-state index contributed by atoms with van der Waals surface area (Å²) in [7, 11) is 0. The summed E-state index contributed by atoms with van der Waals surface area (Å²) in [4.78, 5) is 0. The van der Waals surface area contributed by atoms with Crippen LogP contribution in [0.5, 0.6) is 0 Å². The number of rotatable bonds is 3. The van der Waals surface area contributed by atoms with Crippen LogP contribution in [-0.4, -0.2) is 4.75 Å². The summed E-state index contributed by atoms with van der Waals surface area (Å²) in [5.41, 5.74) is 0.350. The van der Waals surface area contributed by atoms with Crippen molar-refractivity contribution in [1.82, 2.24) is 0 Å². The zero-order valence-electron chi connectivity index (χ0n) is 11.6. The van der Waals surface area contributed by atoms with Gasteiger partial charge in [0, 0.05) is 4.75 Å². The third-order valence-corrected chi connectivity index (χ3v) is 5.94. The van der Waals surface area contributed by atoms with Crippen LogP contribution in [0, 0.1) is 17.3 Å². The van der Waals surface area contributed by atoms with E-state index in [1.54, 1.807) is 0 Å². The van der Waals surface area contributed by atoms with E-state index in [4.69, 9.17) is 0 Å². The predicted octanol–water partition coefficient (Wildman–Crippen LogP) is 5.27. The Morgan fingerprint density at radius 2 is 2.00 bits per heavy atom. The van der Waals surface area contributed by atoms with Crippen LogP contribution in [0.1, 0.15) is 48.0 Å². The van der Waals surface area contributed by atoms with Gasteiger partial charge in [-0.15, -0.1) is 11.8 Å². The number of thioether (sulfide) groups is 1. The van der Waals surface area contributed by atoms with E-state index in [0.29, 0.717) is 17.3 Å². The molecule has 1 aliphatic heterocycles. The van der Waals surface area contributed by atoms with E-state index < -0.39 is 0 Å². The number of hydrogen-bond donors (Lipinski definition) is 0. The predicted molar refractivity (Wildman–Crippen MR) is 76.7 cm³/mol. The minimum Gasteiger partial charge on any atom is -0.123 e. The number of allylic oxidation sites excluding steroid dienone is 2. The molecule has 0 aromatic carbocycles. The van der Waals surface area contributed by atoms with E-state index in [0.717, 1.165) is 0 Å². The highest BCUT2D eigenvalue weighted by molar-refractivity contribution is 8.03. The van der Waals surface area contributed by atoms with Gasteiger partial charge in [-0.2, -0.15) is 0 Å². The molecule has 0 radical (unpaired) electrons. The van der Waals surface area contributed by atoms with Crippen molar-refractivity contribution in [3.63, 3.8) is 0 Å². The first-order valence-corrected chi connectivity index (χ1v) is 7.27. The molecule has 0 fully saturated rings. The zero-order valence-corrected chi connectivity index (χ0v) is 12.4. The summed E-state index contributed by atoms with van der Waals surface area (Å²) in [5, 5.41) is 2.29. The van der Waals surface area contributed by atoms with Crippen LogP contribution in [0.2, 0.25) is 0 Å². The molecule has 0 bridgehead atoms. The molecule has 3 atom stereocenters. The molecule has 1 rings (SSSR count). The van der Waals surface area contributed by atoms with Gasteiger partial charge in [0.15, 0.2) is 0 Å². The molecule has 1 heterocycles. The summed E-state index contributed by atoms with van der Waals surface area (Å²) in [6, 6.07) is 0. The highest BCUT2D eigenvalue weighted by Crippen LogP contribution is 2.51. The van der Waals surface area contributed by atoms with Gasteiger partial charge in [-0.3, -0.25) is 0 Å². The maximum atomic E-state index is 2.44. The van der Waals surface area contributed by atoms with Crippen LogP contribution in [0.4, 0.5) is 0 Å². The van der Waals surface area contributed by atoms with Gasteiger partial charge in [0.25, 0.3) is 0 Å². The first-order valence-electron chi connectivity index (χ1n) is 6.39. The second-order valence-electron chi connectivity index (χ2n) is 5.70. The lowest BCUT2D eigenvalue weighted by molar-refractivity contribution is 0.172. The third-order valence-electron chi connectivity index (χ3n) is 4.56. The standard InChI is InChI=1S/C15H26S/c1-7-14(5,12(2)3)15(6)10-8-13(4)9-11-16-15/h8-13H,7H2,1-6H3. The topological polar surface area (TPSA) is 0 Å². The van der Waals surface area contributed by atoms with Crippen LogP contribution in [0.25, 0.3) is 0 Å². The molecule has 1 aliphatic rings. The summed E-state index contributed by atoms with van der Waals surface area (Å²) in [6.07, 6.45) is 8.31. The van der Waals surface area contributed by atoms with Gasteiger partial charge >= 0.3 is 0 Å². The van der Waals surface area contributed by atoms with Gasteiger partial charge in [-0.05, 0) is 36.0 Å². The lowest BCUT2D eigenvalue weighted by atomic mass is 9.67. The van der Waals surface area contributed by atoms with Gasteiger partial charge in [0.05, 0.1) is 0 Å². The lowest BCUT2D eigenvalue weighted by Crippen LogP contribution is -2.42. The van der Waals surface area contributed by atoms with Crippen molar-refractivity contribution in [2.24, 2.45) is 17.3 Å². The van der Waals surface area contributed by atoms with Crippen LogP contribution in [-0.2, 0) is 0 Å². The van der Waals surface area contributed by atoms with E-state index >= 15 is 0 Å². The highest BCUT2D eigenvalue weighted by atomic mass is 32.2. The highest BCUT2D eigenvalue weighted by Gasteiger charge is 2.44. The van der Waals surface area contributed by atoms with Gasteiger partial charge < -0.3 is 0 Å². The van der Waals surface area contributed by atoms with E-state index in [9.17, 15) is 0 Å². The van der Waals surface area contributed by atoms with Gasteiger partial charge in [-0.25, -0.2) is 0 Å². The molecule has 0 amide bonds. The first kappa shape index (κ1) is 13.9. The molecular formula is C15H26S. The Balaban J connectivity index is 3.08. The molecule has 16 heavy (non-hydrogen) atoms. The Kier molecular flexibility index (Phi) is 4.34. The van der Waals surface area contributed by atoms with Gasteiger partial charge in [0.1, 0.15) is 0 Å². The molecule has 0 saturated heterocycles. The van der Waals surface area contributed by atoms with E-state index in [2.05, 4.69) is 65.2 Å². The average molecular weight is 238 g/mol. The molecule has 3 unspecified atom stereocenters. The van der Waals surface area contributed by atoms with E-state index in [1.165, 1.54) is 6.42 Å². The average Bonchev–Trinajstić information content (AvgIpc) is 2.40. The maximum Gasteiger partial charge on any atom is 0.0407 e. The fourth-order valence-corrected chi connectivity index (χ4v) is 3.82. The second kappa shape index (κ2) is 5.00. The third kappa shape index (κ3) is 2.40. The van der Waals surface area contributed by atoms with E-state index in [1.807, 2.05) is 11.8 Å². The Labute approximate surface area is 106 Å². The maximum absolute atomic E-state index is 2.44. The van der Waals surface area contributed by atoms with Crippen molar-refractivity contribution in [2.75, 3.05) is 0 Å². The Morgan fingerprint density at radius 1 is 1.38 bits per heavy atom. The van der Waals surface area contributed by atoms with E-state index in [-0.39, 0.29) is 4.75 Å². The van der Waals surface area contributed by atoms with Gasteiger partial charge in [0.2, 0.25) is 0 Å². The van der Waals surface area contributed by atoms with Crippen molar-refractivity contribution in [2.45, 2.75) is 52.7 Å². The molecule has 92 valence electrons. The molecule has 0 saturated carbocycles. The fraction of sp³-hybridized carbons (Fsp3) is 0.733. The summed E-state index contributed by atoms with van der Waals surface area (Å²) >= 11 is 1.98. The first-order chi connectivity index (χ1) is 7.35. The minimum absolute atomic E-state index is 0.219. The van der Waals surface area contributed by atoms with Crippen LogP contribution in [0.3, 0.4) is 0 Å². The zero-order chi connectivity index (χ0) is 12.4. The number of hydrogen-bond acceptors (Lipinski definition) is 1. The summed E-state index contributed by atoms with van der Waals surface area (Å²) in [6.45, 7) is 14.1. The fourth-order valence-electron chi connectivity index (χ4n) is 2.40. The minimum atomic E-state index is 0.219. The van der Waals surface area contributed by atoms with Crippen LogP contribution in [0.15, 0.2) is 23.6 Å². The van der Waals surface area contributed by atoms with Crippen molar-refractivity contribution >= 4 is 11.8 Å². The molecule has 0 spiro atoms. The monoisotopic (exact) mass is 238 g/mol. The Hall–Kier alpha value is -0.170. The quantitative estimate of drug-likeness (QED) is 0.604. The smallest absolute Gasteiger partial charge is 0.0407 e. The molecule has 0 nitrogen and oxygen atoms in total. The van der Waals surface area contributed by atoms with Crippen LogP contribution >= 0.6 is 11.8 Å². The molecule has 1 heteroatoms. The second-order valence-corrected chi connectivity index (χ2v) is 7.05. The van der Waals surface area contributed by atoms with Crippen LogP contribution < -0.4 is 0 Å². The normalized spacial score (nSPS) is 33.8. The molecular weight excluding hydrogens is 212 g/mol. The van der Waals surface area contributed by atoms with Crippen molar-refractivity contribution in [3.8, 4) is 0 Å². The van der Waals surface area contributed by atoms with Crippen molar-refractivity contribution < 1.29 is 0 Å². The lowest BCUT2D eigenvalue weighted by Gasteiger charge is -2.46. The largest absolute Gasteiger partial charge is 0.123 e.